The van der Waals surface area contributed by atoms with Gasteiger partial charge in [0.25, 0.3) is 0 Å². The SMILES string of the molecule is CC(C(=O)N1CCc2ccccc2C1)N(C)Cc1nccn1C(F)F. The molecule has 0 saturated heterocycles. The van der Waals surface area contributed by atoms with Crippen molar-refractivity contribution >= 4 is 5.91 Å². The van der Waals surface area contributed by atoms with Gasteiger partial charge >= 0.3 is 6.55 Å². The van der Waals surface area contributed by atoms with E-state index in [2.05, 4.69) is 11.1 Å². The highest BCUT2D eigenvalue weighted by atomic mass is 19.3. The molecule has 0 bridgehead atoms. The molecule has 25 heavy (non-hydrogen) atoms. The molecule has 3 rings (SSSR count). The molecule has 1 aliphatic heterocycles. The van der Waals surface area contributed by atoms with Crippen molar-refractivity contribution in [2.24, 2.45) is 0 Å². The maximum absolute atomic E-state index is 12.9. The van der Waals surface area contributed by atoms with Crippen molar-refractivity contribution in [3.63, 3.8) is 0 Å². The summed E-state index contributed by atoms with van der Waals surface area (Å²) >= 11 is 0. The second kappa shape index (κ2) is 7.31. The number of benzene rings is 1. The summed E-state index contributed by atoms with van der Waals surface area (Å²) in [6.45, 7) is 0.640. The van der Waals surface area contributed by atoms with Crippen molar-refractivity contribution in [3.05, 3.63) is 53.6 Å². The number of hydrogen-bond acceptors (Lipinski definition) is 3. The number of halogens is 2. The Kier molecular flexibility index (Phi) is 5.13. The Labute approximate surface area is 145 Å². The van der Waals surface area contributed by atoms with Crippen LogP contribution in [0.25, 0.3) is 0 Å². The Bertz CT molecular complexity index is 746. The summed E-state index contributed by atoms with van der Waals surface area (Å²) in [6.07, 6.45) is 3.44. The third kappa shape index (κ3) is 3.71. The third-order valence-electron chi connectivity index (χ3n) is 4.81. The van der Waals surface area contributed by atoms with Gasteiger partial charge in [0.2, 0.25) is 5.91 Å². The van der Waals surface area contributed by atoms with Crippen LogP contribution in [0.4, 0.5) is 8.78 Å². The van der Waals surface area contributed by atoms with Gasteiger partial charge in [0, 0.05) is 25.5 Å². The van der Waals surface area contributed by atoms with Crippen molar-refractivity contribution in [1.82, 2.24) is 19.4 Å². The van der Waals surface area contributed by atoms with E-state index in [9.17, 15) is 13.6 Å². The molecule has 7 heteroatoms. The molecule has 1 atom stereocenters. The zero-order valence-corrected chi connectivity index (χ0v) is 14.4. The zero-order valence-electron chi connectivity index (χ0n) is 14.4. The minimum atomic E-state index is -2.63. The number of fused-ring (bicyclic) bond motifs is 1. The maximum atomic E-state index is 12.9. The fraction of sp³-hybridized carbons (Fsp3) is 0.444. The molecule has 2 heterocycles. The van der Waals surface area contributed by atoms with Crippen molar-refractivity contribution in [2.45, 2.75) is 39.0 Å². The van der Waals surface area contributed by atoms with E-state index in [1.807, 2.05) is 23.1 Å². The van der Waals surface area contributed by atoms with Crippen LogP contribution in [0, 0.1) is 0 Å². The molecule has 1 aromatic heterocycles. The first-order valence-electron chi connectivity index (χ1n) is 8.33. The minimum absolute atomic E-state index is 0.00663. The molecule has 0 N–H and O–H groups in total. The standard InChI is InChI=1S/C18H22F2N4O/c1-13(22(2)12-16-21-8-10-24(16)18(19)20)17(25)23-9-7-14-5-3-4-6-15(14)11-23/h3-6,8,10,13,18H,7,9,11-12H2,1-2H3. The molecule has 0 aliphatic carbocycles. The van der Waals surface area contributed by atoms with Crippen molar-refractivity contribution < 1.29 is 13.6 Å². The number of aromatic nitrogens is 2. The van der Waals surface area contributed by atoms with Crippen molar-refractivity contribution in [1.29, 1.82) is 0 Å². The number of rotatable bonds is 5. The van der Waals surface area contributed by atoms with Gasteiger partial charge in [-0.05, 0) is 31.5 Å². The molecule has 2 aromatic rings. The molecular weight excluding hydrogens is 326 g/mol. The summed E-state index contributed by atoms with van der Waals surface area (Å²) in [4.78, 5) is 20.4. The van der Waals surface area contributed by atoms with Gasteiger partial charge in [-0.1, -0.05) is 24.3 Å². The Morgan fingerprint density at radius 3 is 2.76 bits per heavy atom. The summed E-state index contributed by atoms with van der Waals surface area (Å²) in [7, 11) is 1.75. The van der Waals surface area contributed by atoms with Crippen LogP contribution >= 0.6 is 0 Å². The average Bonchev–Trinajstić information content (AvgIpc) is 3.08. The molecule has 134 valence electrons. The first-order valence-corrected chi connectivity index (χ1v) is 8.33. The highest BCUT2D eigenvalue weighted by molar-refractivity contribution is 5.81. The van der Waals surface area contributed by atoms with E-state index < -0.39 is 12.6 Å². The van der Waals surface area contributed by atoms with E-state index in [0.29, 0.717) is 13.1 Å². The molecule has 1 amide bonds. The largest absolute Gasteiger partial charge is 0.337 e. The van der Waals surface area contributed by atoms with Gasteiger partial charge in [0.15, 0.2) is 0 Å². The lowest BCUT2D eigenvalue weighted by Crippen LogP contribution is -2.47. The lowest BCUT2D eigenvalue weighted by Gasteiger charge is -2.33. The topological polar surface area (TPSA) is 41.4 Å². The molecule has 0 fully saturated rings. The predicted octanol–water partition coefficient (Wildman–Crippen LogP) is 2.68. The summed E-state index contributed by atoms with van der Waals surface area (Å²) < 4.78 is 26.7. The van der Waals surface area contributed by atoms with Crippen LogP contribution in [0.5, 0.6) is 0 Å². The zero-order chi connectivity index (χ0) is 18.0. The van der Waals surface area contributed by atoms with Crippen LogP contribution in [0.3, 0.4) is 0 Å². The van der Waals surface area contributed by atoms with Crippen LogP contribution in [0.2, 0.25) is 0 Å². The number of alkyl halides is 2. The van der Waals surface area contributed by atoms with Crippen LogP contribution in [-0.2, 0) is 24.3 Å². The van der Waals surface area contributed by atoms with Crippen LogP contribution < -0.4 is 0 Å². The monoisotopic (exact) mass is 348 g/mol. The number of nitrogens with zero attached hydrogens (tertiary/aromatic N) is 4. The first kappa shape index (κ1) is 17.5. The molecule has 0 spiro atoms. The van der Waals surface area contributed by atoms with Gasteiger partial charge in [-0.25, -0.2) is 4.98 Å². The second-order valence-corrected chi connectivity index (χ2v) is 6.40. The van der Waals surface area contributed by atoms with E-state index in [0.717, 1.165) is 11.0 Å². The van der Waals surface area contributed by atoms with E-state index >= 15 is 0 Å². The van der Waals surface area contributed by atoms with Crippen molar-refractivity contribution in [3.8, 4) is 0 Å². The molecule has 5 nitrogen and oxygen atoms in total. The number of carbonyl (C=O) groups excluding carboxylic acids is 1. The average molecular weight is 348 g/mol. The quantitative estimate of drug-likeness (QED) is 0.834. The van der Waals surface area contributed by atoms with Gasteiger partial charge in [0.05, 0.1) is 12.6 Å². The lowest BCUT2D eigenvalue weighted by molar-refractivity contribution is -0.137. The minimum Gasteiger partial charge on any atom is -0.337 e. The Morgan fingerprint density at radius 1 is 1.32 bits per heavy atom. The summed E-state index contributed by atoms with van der Waals surface area (Å²) in [5, 5.41) is 0. The Morgan fingerprint density at radius 2 is 2.04 bits per heavy atom. The van der Waals surface area contributed by atoms with Gasteiger partial charge in [-0.15, -0.1) is 0 Å². The number of carbonyl (C=O) groups is 1. The predicted molar refractivity (Wildman–Crippen MR) is 90.0 cm³/mol. The Balaban J connectivity index is 1.65. The highest BCUT2D eigenvalue weighted by Gasteiger charge is 2.27. The van der Waals surface area contributed by atoms with Crippen molar-refractivity contribution in [2.75, 3.05) is 13.6 Å². The van der Waals surface area contributed by atoms with E-state index in [1.54, 1.807) is 18.9 Å². The molecule has 1 aliphatic rings. The number of amides is 1. The van der Waals surface area contributed by atoms with Crippen LogP contribution in [0.15, 0.2) is 36.7 Å². The van der Waals surface area contributed by atoms with Gasteiger partial charge in [-0.3, -0.25) is 14.3 Å². The van der Waals surface area contributed by atoms with Crippen LogP contribution in [0.1, 0.15) is 30.4 Å². The number of likely N-dealkylation sites (N-methyl/N-ethyl adjacent to an activating group) is 1. The summed E-state index contributed by atoms with van der Waals surface area (Å²) in [5.41, 5.74) is 2.46. The van der Waals surface area contributed by atoms with Crippen LogP contribution in [-0.4, -0.2) is 44.9 Å². The highest BCUT2D eigenvalue weighted by Crippen LogP contribution is 2.20. The number of hydrogen-bond donors (Lipinski definition) is 0. The van der Waals surface area contributed by atoms with Gasteiger partial charge < -0.3 is 4.90 Å². The molecular formula is C18H22F2N4O. The summed E-state index contributed by atoms with van der Waals surface area (Å²) in [6, 6.07) is 7.72. The van der Waals surface area contributed by atoms with E-state index in [1.165, 1.54) is 23.5 Å². The summed E-state index contributed by atoms with van der Waals surface area (Å²) in [5.74, 6) is 0.258. The fourth-order valence-corrected chi connectivity index (χ4v) is 3.14. The normalized spacial score (nSPS) is 15.5. The first-order chi connectivity index (χ1) is 12.0. The molecule has 0 radical (unpaired) electrons. The maximum Gasteiger partial charge on any atom is 0.319 e. The van der Waals surface area contributed by atoms with E-state index in [4.69, 9.17) is 0 Å². The fourth-order valence-electron chi connectivity index (χ4n) is 3.14. The molecule has 0 saturated carbocycles. The van der Waals surface area contributed by atoms with Gasteiger partial charge in [0.1, 0.15) is 5.82 Å². The van der Waals surface area contributed by atoms with Gasteiger partial charge in [-0.2, -0.15) is 8.78 Å². The second-order valence-electron chi connectivity index (χ2n) is 6.40. The Hall–Kier alpha value is -2.28. The van der Waals surface area contributed by atoms with E-state index in [-0.39, 0.29) is 18.3 Å². The molecule has 1 unspecified atom stereocenters. The smallest absolute Gasteiger partial charge is 0.319 e. The number of imidazole rings is 1. The molecule has 1 aromatic carbocycles. The third-order valence-corrected chi connectivity index (χ3v) is 4.81. The lowest BCUT2D eigenvalue weighted by atomic mass is 9.99.